The number of ether oxygens (including phenoxy) is 2. The average molecular weight is 419 g/mol. The average Bonchev–Trinajstić information content (AvgIpc) is 3.11. The van der Waals surface area contributed by atoms with E-state index in [4.69, 9.17) is 31.2 Å². The van der Waals surface area contributed by atoms with Gasteiger partial charge in [0.1, 0.15) is 29.3 Å². The van der Waals surface area contributed by atoms with Gasteiger partial charge in [-0.25, -0.2) is 0 Å². The number of anilines is 1. The zero-order valence-corrected chi connectivity index (χ0v) is 17.1. The van der Waals surface area contributed by atoms with Gasteiger partial charge in [-0.15, -0.1) is 0 Å². The molecule has 8 nitrogen and oxygen atoms in total. The van der Waals surface area contributed by atoms with Crippen LogP contribution in [0, 0.1) is 0 Å². The number of fused-ring (bicyclic) bond motifs is 1. The lowest BCUT2D eigenvalue weighted by Gasteiger charge is -2.41. The molecule has 0 aliphatic carbocycles. The van der Waals surface area contributed by atoms with E-state index in [1.165, 1.54) is 12.3 Å². The van der Waals surface area contributed by atoms with Crippen LogP contribution in [0.3, 0.4) is 0 Å². The number of halogens is 1. The van der Waals surface area contributed by atoms with E-state index in [0.717, 1.165) is 19.7 Å². The molecule has 29 heavy (non-hydrogen) atoms. The maximum Gasteiger partial charge on any atom is 0.292 e. The van der Waals surface area contributed by atoms with Crippen molar-refractivity contribution in [3.05, 3.63) is 39.7 Å². The Hall–Kier alpha value is -2.55. The number of nitrogens with one attached hydrogen (secondary N) is 1. The highest BCUT2D eigenvalue weighted by Crippen LogP contribution is 2.32. The Morgan fingerprint density at radius 1 is 1.41 bits per heavy atom. The van der Waals surface area contributed by atoms with E-state index in [1.54, 1.807) is 12.1 Å². The number of H-pyrrole nitrogens is 1. The number of oxazole rings is 1. The minimum atomic E-state index is -0.182. The summed E-state index contributed by atoms with van der Waals surface area (Å²) in [6.45, 7) is 7.80. The number of nitrogens with zero attached hydrogens (tertiary/aromatic N) is 2. The van der Waals surface area contributed by atoms with Crippen LogP contribution in [0.5, 0.6) is 5.75 Å². The second-order valence-corrected chi connectivity index (χ2v) is 8.00. The fraction of sp³-hybridized carbons (Fsp3) is 0.400. The van der Waals surface area contributed by atoms with Crippen molar-refractivity contribution in [2.45, 2.75) is 19.4 Å². The van der Waals surface area contributed by atoms with Gasteiger partial charge >= 0.3 is 0 Å². The molecule has 0 atom stereocenters. The number of pyridine rings is 1. The van der Waals surface area contributed by atoms with Crippen LogP contribution in [-0.4, -0.2) is 53.3 Å². The SMILES string of the molecule is CC1(C)COCCN1CCOc1ccc2c(=O)cc(-c3coc(N)n3)[nH]c2c1Cl. The number of hydrogen-bond donors (Lipinski definition) is 2. The quantitative estimate of drug-likeness (QED) is 0.656. The van der Waals surface area contributed by atoms with E-state index in [1.807, 2.05) is 0 Å². The molecule has 3 N–H and O–H groups in total. The summed E-state index contributed by atoms with van der Waals surface area (Å²) in [7, 11) is 0. The number of hydrogen-bond acceptors (Lipinski definition) is 7. The Balaban J connectivity index is 1.57. The molecule has 0 bridgehead atoms. The molecule has 1 fully saturated rings. The molecule has 0 amide bonds. The van der Waals surface area contributed by atoms with Crippen LogP contribution in [0.1, 0.15) is 13.8 Å². The summed E-state index contributed by atoms with van der Waals surface area (Å²) in [4.78, 5) is 22.0. The maximum absolute atomic E-state index is 12.5. The van der Waals surface area contributed by atoms with Gasteiger partial charge in [-0.1, -0.05) is 11.6 Å². The Bertz CT molecular complexity index is 1090. The highest BCUT2D eigenvalue weighted by Gasteiger charge is 2.30. The van der Waals surface area contributed by atoms with E-state index >= 15 is 0 Å². The zero-order valence-electron chi connectivity index (χ0n) is 16.3. The Labute approximate surface area is 172 Å². The molecule has 0 spiro atoms. The third kappa shape index (κ3) is 3.96. The van der Waals surface area contributed by atoms with Gasteiger partial charge in [-0.05, 0) is 26.0 Å². The summed E-state index contributed by atoms with van der Waals surface area (Å²) < 4.78 is 16.5. The molecule has 0 saturated carbocycles. The summed E-state index contributed by atoms with van der Waals surface area (Å²) in [6.07, 6.45) is 1.38. The lowest BCUT2D eigenvalue weighted by atomic mass is 10.0. The second kappa shape index (κ2) is 7.70. The summed E-state index contributed by atoms with van der Waals surface area (Å²) in [5, 5.41) is 0.816. The molecule has 154 valence electrons. The van der Waals surface area contributed by atoms with Crippen LogP contribution < -0.4 is 15.9 Å². The van der Waals surface area contributed by atoms with Crippen molar-refractivity contribution in [3.8, 4) is 17.1 Å². The predicted molar refractivity (Wildman–Crippen MR) is 111 cm³/mol. The maximum atomic E-state index is 12.5. The largest absolute Gasteiger partial charge is 0.491 e. The number of morpholine rings is 1. The van der Waals surface area contributed by atoms with Crippen molar-refractivity contribution in [2.75, 3.05) is 38.6 Å². The van der Waals surface area contributed by atoms with Crippen molar-refractivity contribution in [1.29, 1.82) is 0 Å². The summed E-state index contributed by atoms with van der Waals surface area (Å²) in [5.74, 6) is 0.512. The molecule has 1 aliphatic heterocycles. The van der Waals surface area contributed by atoms with Gasteiger partial charge in [-0.3, -0.25) is 9.69 Å². The molecule has 1 aromatic carbocycles. The first kappa shape index (κ1) is 19.8. The van der Waals surface area contributed by atoms with Gasteiger partial charge in [0.05, 0.1) is 24.4 Å². The van der Waals surface area contributed by atoms with Crippen LogP contribution in [-0.2, 0) is 4.74 Å². The van der Waals surface area contributed by atoms with E-state index in [-0.39, 0.29) is 17.0 Å². The third-order valence-corrected chi connectivity index (χ3v) is 5.52. The number of aromatic nitrogens is 2. The highest BCUT2D eigenvalue weighted by molar-refractivity contribution is 6.36. The number of nitrogen functional groups attached to an aromatic ring is 1. The molecule has 9 heteroatoms. The summed E-state index contributed by atoms with van der Waals surface area (Å²) in [5.41, 5.74) is 6.70. The van der Waals surface area contributed by atoms with E-state index in [2.05, 4.69) is 28.7 Å². The van der Waals surface area contributed by atoms with Crippen molar-refractivity contribution in [3.63, 3.8) is 0 Å². The van der Waals surface area contributed by atoms with Gasteiger partial charge in [0.2, 0.25) is 0 Å². The Kier molecular flexibility index (Phi) is 5.24. The van der Waals surface area contributed by atoms with Crippen LogP contribution in [0.2, 0.25) is 5.02 Å². The van der Waals surface area contributed by atoms with Gasteiger partial charge in [0, 0.05) is 30.1 Å². The van der Waals surface area contributed by atoms with Crippen LogP contribution in [0.15, 0.2) is 33.7 Å². The van der Waals surface area contributed by atoms with Crippen LogP contribution >= 0.6 is 11.6 Å². The molecular weight excluding hydrogens is 396 g/mol. The van der Waals surface area contributed by atoms with Gasteiger partial charge in [-0.2, -0.15) is 4.98 Å². The minimum Gasteiger partial charge on any atom is -0.491 e. The molecular formula is C20H23ClN4O4. The molecule has 1 aliphatic rings. The Morgan fingerprint density at radius 2 is 2.24 bits per heavy atom. The van der Waals surface area contributed by atoms with E-state index in [0.29, 0.717) is 46.3 Å². The summed E-state index contributed by atoms with van der Waals surface area (Å²) in [6, 6.07) is 4.89. The first-order chi connectivity index (χ1) is 13.8. The van der Waals surface area contributed by atoms with Gasteiger partial charge < -0.3 is 24.6 Å². The third-order valence-electron chi connectivity index (χ3n) is 5.14. The zero-order chi connectivity index (χ0) is 20.6. The fourth-order valence-corrected chi connectivity index (χ4v) is 3.76. The van der Waals surface area contributed by atoms with Crippen LogP contribution in [0.4, 0.5) is 6.01 Å². The molecule has 0 radical (unpaired) electrons. The van der Waals surface area contributed by atoms with Crippen molar-refractivity contribution in [1.82, 2.24) is 14.9 Å². The Morgan fingerprint density at radius 3 is 2.97 bits per heavy atom. The fourth-order valence-electron chi connectivity index (χ4n) is 3.50. The standard InChI is InChI=1S/C20H23ClN4O4/c1-20(2)11-27-7-5-25(20)6-8-28-16-4-3-12-15(26)9-13(23-18(12)17(16)21)14-10-29-19(22)24-14/h3-4,9-10H,5-8,11H2,1-2H3,(H2,22,24)(H,23,26). The molecule has 3 aromatic rings. The smallest absolute Gasteiger partial charge is 0.292 e. The number of rotatable bonds is 5. The lowest BCUT2D eigenvalue weighted by Crippen LogP contribution is -2.54. The van der Waals surface area contributed by atoms with Crippen molar-refractivity contribution < 1.29 is 13.9 Å². The molecule has 3 heterocycles. The monoisotopic (exact) mass is 418 g/mol. The normalized spacial score (nSPS) is 16.9. The van der Waals surface area contributed by atoms with E-state index < -0.39 is 0 Å². The predicted octanol–water partition coefficient (Wildman–Crippen LogP) is 2.91. The number of benzene rings is 1. The van der Waals surface area contributed by atoms with Gasteiger partial charge in [0.15, 0.2) is 5.43 Å². The number of nitrogens with two attached hydrogens (primary N) is 1. The molecule has 1 saturated heterocycles. The lowest BCUT2D eigenvalue weighted by molar-refractivity contribution is -0.0547. The minimum absolute atomic E-state index is 0.0233. The van der Waals surface area contributed by atoms with Gasteiger partial charge in [0.25, 0.3) is 6.01 Å². The molecule has 2 aromatic heterocycles. The molecule has 4 rings (SSSR count). The highest BCUT2D eigenvalue weighted by atomic mass is 35.5. The molecule has 0 unspecified atom stereocenters. The first-order valence-corrected chi connectivity index (χ1v) is 9.75. The number of aromatic amines is 1. The second-order valence-electron chi connectivity index (χ2n) is 7.62. The van der Waals surface area contributed by atoms with Crippen molar-refractivity contribution in [2.24, 2.45) is 0 Å². The summed E-state index contributed by atoms with van der Waals surface area (Å²) >= 11 is 6.56. The first-order valence-electron chi connectivity index (χ1n) is 9.38. The van der Waals surface area contributed by atoms with Crippen LogP contribution in [0.25, 0.3) is 22.3 Å². The van der Waals surface area contributed by atoms with E-state index in [9.17, 15) is 4.79 Å². The van der Waals surface area contributed by atoms with Crippen molar-refractivity contribution >= 4 is 28.5 Å². The topological polar surface area (TPSA) is 107 Å².